The van der Waals surface area contributed by atoms with Crippen molar-refractivity contribution in [2.75, 3.05) is 41.0 Å². The van der Waals surface area contributed by atoms with Gasteiger partial charge in [-0.3, -0.25) is 9.69 Å². The minimum atomic E-state index is -0.129. The Morgan fingerprint density at radius 1 is 1.00 bits per heavy atom. The summed E-state index contributed by atoms with van der Waals surface area (Å²) in [5.41, 5.74) is 1.85. The molecule has 0 unspecified atom stereocenters. The van der Waals surface area contributed by atoms with Crippen LogP contribution in [0.1, 0.15) is 28.8 Å². The number of methoxy groups -OCH3 is 3. The van der Waals surface area contributed by atoms with Crippen molar-refractivity contribution in [3.8, 4) is 17.2 Å². The zero-order chi connectivity index (χ0) is 20.6. The van der Waals surface area contributed by atoms with Crippen LogP contribution in [-0.2, 0) is 6.54 Å². The minimum Gasteiger partial charge on any atom is -0.493 e. The van der Waals surface area contributed by atoms with E-state index < -0.39 is 0 Å². The largest absolute Gasteiger partial charge is 0.493 e. The number of ether oxygens (including phenoxy) is 3. The highest BCUT2D eigenvalue weighted by Crippen LogP contribution is 2.38. The second-order valence-electron chi connectivity index (χ2n) is 7.33. The summed E-state index contributed by atoms with van der Waals surface area (Å²) in [6.45, 7) is 3.78. The van der Waals surface area contributed by atoms with E-state index in [1.54, 1.807) is 33.5 Å². The number of nitrogens with one attached hydrogen (secondary N) is 1. The van der Waals surface area contributed by atoms with Crippen LogP contribution in [0.15, 0.2) is 42.5 Å². The van der Waals surface area contributed by atoms with Crippen molar-refractivity contribution in [1.29, 1.82) is 0 Å². The molecule has 1 aliphatic heterocycles. The van der Waals surface area contributed by atoms with Gasteiger partial charge in [0.15, 0.2) is 11.5 Å². The highest BCUT2D eigenvalue weighted by molar-refractivity contribution is 5.95. The van der Waals surface area contributed by atoms with Gasteiger partial charge in [-0.2, -0.15) is 0 Å². The number of carbonyl (C=O) groups excluding carboxylic acids is 1. The Morgan fingerprint density at radius 2 is 1.62 bits per heavy atom. The maximum atomic E-state index is 12.7. The van der Waals surface area contributed by atoms with E-state index in [0.29, 0.717) is 35.3 Å². The number of nitrogens with zero attached hydrogens (tertiary/aromatic N) is 1. The maximum absolute atomic E-state index is 12.7. The summed E-state index contributed by atoms with van der Waals surface area (Å²) in [7, 11) is 4.63. The molecule has 0 atom stereocenters. The van der Waals surface area contributed by atoms with E-state index in [9.17, 15) is 4.79 Å². The van der Waals surface area contributed by atoms with Crippen LogP contribution in [0.4, 0.5) is 0 Å². The fourth-order valence-corrected chi connectivity index (χ4v) is 3.74. The molecule has 0 radical (unpaired) electrons. The molecule has 1 aliphatic rings. The first kappa shape index (κ1) is 21.0. The lowest BCUT2D eigenvalue weighted by atomic mass is 9.96. The summed E-state index contributed by atoms with van der Waals surface area (Å²) in [5, 5.41) is 3.06. The first-order valence-electron chi connectivity index (χ1n) is 9.99. The molecule has 1 N–H and O–H groups in total. The second-order valence-corrected chi connectivity index (χ2v) is 7.33. The van der Waals surface area contributed by atoms with Gasteiger partial charge in [0.05, 0.1) is 21.3 Å². The summed E-state index contributed by atoms with van der Waals surface area (Å²) in [4.78, 5) is 15.1. The third-order valence-electron chi connectivity index (χ3n) is 5.43. The van der Waals surface area contributed by atoms with Crippen LogP contribution < -0.4 is 19.5 Å². The van der Waals surface area contributed by atoms with E-state index in [4.69, 9.17) is 14.2 Å². The highest BCUT2D eigenvalue weighted by Gasteiger charge is 2.21. The van der Waals surface area contributed by atoms with Crippen LogP contribution >= 0.6 is 0 Å². The summed E-state index contributed by atoms with van der Waals surface area (Å²) < 4.78 is 16.0. The fraction of sp³-hybridized carbons (Fsp3) is 0.435. The average Bonchev–Trinajstić information content (AvgIpc) is 2.78. The topological polar surface area (TPSA) is 60.0 Å². The van der Waals surface area contributed by atoms with Crippen LogP contribution in [0, 0.1) is 5.92 Å². The summed E-state index contributed by atoms with van der Waals surface area (Å²) in [6.07, 6.45) is 2.17. The number of hydrogen-bond acceptors (Lipinski definition) is 5. The van der Waals surface area contributed by atoms with Gasteiger partial charge in [-0.1, -0.05) is 30.3 Å². The van der Waals surface area contributed by atoms with Crippen molar-refractivity contribution in [2.45, 2.75) is 19.4 Å². The lowest BCUT2D eigenvalue weighted by molar-refractivity contribution is 0.0934. The quantitative estimate of drug-likeness (QED) is 0.739. The number of rotatable bonds is 8. The van der Waals surface area contributed by atoms with Crippen molar-refractivity contribution < 1.29 is 19.0 Å². The number of likely N-dealkylation sites (tertiary alicyclic amines) is 1. The Kier molecular flexibility index (Phi) is 7.36. The Balaban J connectivity index is 1.51. The van der Waals surface area contributed by atoms with E-state index in [2.05, 4.69) is 34.5 Å². The van der Waals surface area contributed by atoms with E-state index in [1.165, 1.54) is 5.56 Å². The first-order valence-corrected chi connectivity index (χ1v) is 9.99. The van der Waals surface area contributed by atoms with Gasteiger partial charge in [-0.05, 0) is 49.5 Å². The predicted molar refractivity (Wildman–Crippen MR) is 113 cm³/mol. The van der Waals surface area contributed by atoms with Gasteiger partial charge in [0.1, 0.15) is 0 Å². The zero-order valence-electron chi connectivity index (χ0n) is 17.4. The number of benzene rings is 2. The molecule has 0 bridgehead atoms. The maximum Gasteiger partial charge on any atom is 0.251 e. The van der Waals surface area contributed by atoms with E-state index in [-0.39, 0.29) is 5.91 Å². The normalized spacial score (nSPS) is 15.0. The molecular weight excluding hydrogens is 368 g/mol. The molecule has 1 amide bonds. The van der Waals surface area contributed by atoms with Gasteiger partial charge in [-0.25, -0.2) is 0 Å². The van der Waals surface area contributed by atoms with Gasteiger partial charge in [0.2, 0.25) is 5.75 Å². The highest BCUT2D eigenvalue weighted by atomic mass is 16.5. The van der Waals surface area contributed by atoms with E-state index in [0.717, 1.165) is 32.5 Å². The molecule has 0 aromatic heterocycles. The molecule has 1 heterocycles. The minimum absolute atomic E-state index is 0.129. The fourth-order valence-electron chi connectivity index (χ4n) is 3.74. The van der Waals surface area contributed by atoms with Crippen LogP contribution in [-0.4, -0.2) is 51.8 Å². The molecule has 3 rings (SSSR count). The van der Waals surface area contributed by atoms with Gasteiger partial charge in [-0.15, -0.1) is 0 Å². The smallest absolute Gasteiger partial charge is 0.251 e. The molecule has 0 spiro atoms. The molecular formula is C23H30N2O4. The molecule has 0 saturated carbocycles. The SMILES string of the molecule is COc1cc(C(=O)NCC2CCN(Cc3ccccc3)CC2)cc(OC)c1OC. The lowest BCUT2D eigenvalue weighted by Gasteiger charge is -2.32. The van der Waals surface area contributed by atoms with Gasteiger partial charge < -0.3 is 19.5 Å². The van der Waals surface area contributed by atoms with Crippen molar-refractivity contribution in [3.63, 3.8) is 0 Å². The van der Waals surface area contributed by atoms with Gasteiger partial charge in [0.25, 0.3) is 5.91 Å². The first-order chi connectivity index (χ1) is 14.1. The van der Waals surface area contributed by atoms with Crippen LogP contribution in [0.3, 0.4) is 0 Å². The third kappa shape index (κ3) is 5.41. The van der Waals surface area contributed by atoms with Crippen molar-refractivity contribution >= 4 is 5.91 Å². The van der Waals surface area contributed by atoms with Crippen LogP contribution in [0.25, 0.3) is 0 Å². The standard InChI is InChI=1S/C23H30N2O4/c1-27-20-13-19(14-21(28-2)22(20)29-3)23(26)24-15-17-9-11-25(12-10-17)16-18-7-5-4-6-8-18/h4-8,13-14,17H,9-12,15-16H2,1-3H3,(H,24,26). The molecule has 1 saturated heterocycles. The zero-order valence-corrected chi connectivity index (χ0v) is 17.4. The molecule has 1 fully saturated rings. The Hall–Kier alpha value is -2.73. The number of piperidine rings is 1. The number of amides is 1. The second kappa shape index (κ2) is 10.2. The molecule has 156 valence electrons. The Morgan fingerprint density at radius 3 is 2.17 bits per heavy atom. The summed E-state index contributed by atoms with van der Waals surface area (Å²) in [6, 6.07) is 13.9. The van der Waals surface area contributed by atoms with Crippen molar-refractivity contribution in [1.82, 2.24) is 10.2 Å². The average molecular weight is 399 g/mol. The van der Waals surface area contributed by atoms with Gasteiger partial charge in [0, 0.05) is 18.7 Å². The third-order valence-corrected chi connectivity index (χ3v) is 5.43. The summed E-state index contributed by atoms with van der Waals surface area (Å²) in [5.74, 6) is 1.80. The van der Waals surface area contributed by atoms with Crippen LogP contribution in [0.5, 0.6) is 17.2 Å². The molecule has 6 heteroatoms. The van der Waals surface area contributed by atoms with Crippen LogP contribution in [0.2, 0.25) is 0 Å². The predicted octanol–water partition coefficient (Wildman–Crippen LogP) is 3.35. The number of hydrogen-bond donors (Lipinski definition) is 1. The van der Waals surface area contributed by atoms with Crippen molar-refractivity contribution in [2.24, 2.45) is 5.92 Å². The summed E-state index contributed by atoms with van der Waals surface area (Å²) >= 11 is 0. The molecule has 29 heavy (non-hydrogen) atoms. The molecule has 6 nitrogen and oxygen atoms in total. The Bertz CT molecular complexity index is 777. The monoisotopic (exact) mass is 398 g/mol. The van der Waals surface area contributed by atoms with Crippen molar-refractivity contribution in [3.05, 3.63) is 53.6 Å². The lowest BCUT2D eigenvalue weighted by Crippen LogP contribution is -2.38. The molecule has 2 aromatic rings. The van der Waals surface area contributed by atoms with Gasteiger partial charge >= 0.3 is 0 Å². The number of carbonyl (C=O) groups is 1. The Labute approximate surface area is 172 Å². The van der Waals surface area contributed by atoms with E-state index >= 15 is 0 Å². The molecule has 0 aliphatic carbocycles. The van der Waals surface area contributed by atoms with E-state index in [1.807, 2.05) is 6.07 Å². The molecule has 2 aromatic carbocycles.